The molecule has 2 heterocycles. The molecular weight excluding hydrogens is 278 g/mol. The van der Waals surface area contributed by atoms with Crippen molar-refractivity contribution in [3.05, 3.63) is 11.8 Å². The summed E-state index contributed by atoms with van der Waals surface area (Å²) in [6, 6.07) is 1.98. The molecule has 1 aromatic rings. The average molecular weight is 305 g/mol. The molecule has 2 rings (SSSR count). The maximum atomic E-state index is 12.3. The van der Waals surface area contributed by atoms with Crippen LogP contribution in [0, 0.1) is 12.3 Å². The van der Waals surface area contributed by atoms with Crippen LogP contribution in [-0.4, -0.2) is 61.0 Å². The minimum Gasteiger partial charge on any atom is -0.363 e. The van der Waals surface area contributed by atoms with Gasteiger partial charge in [0.05, 0.1) is 0 Å². The van der Waals surface area contributed by atoms with E-state index in [-0.39, 0.29) is 11.3 Å². The predicted molar refractivity (Wildman–Crippen MR) is 89.3 cm³/mol. The first-order chi connectivity index (χ1) is 10.2. The van der Waals surface area contributed by atoms with Gasteiger partial charge in [-0.15, -0.1) is 0 Å². The van der Waals surface area contributed by atoms with E-state index in [0.717, 1.165) is 43.6 Å². The van der Waals surface area contributed by atoms with Crippen molar-refractivity contribution in [3.8, 4) is 0 Å². The Morgan fingerprint density at radius 2 is 1.73 bits per heavy atom. The lowest BCUT2D eigenvalue weighted by molar-refractivity contribution is -0.139. The number of piperazine rings is 1. The molecule has 0 N–H and O–H groups in total. The topological polar surface area (TPSA) is 52.6 Å². The van der Waals surface area contributed by atoms with E-state index in [1.165, 1.54) is 0 Å². The number of aryl methyl sites for hydroxylation is 1. The molecule has 1 saturated heterocycles. The van der Waals surface area contributed by atoms with Crippen LogP contribution in [-0.2, 0) is 4.79 Å². The van der Waals surface area contributed by atoms with Crippen molar-refractivity contribution in [1.82, 2.24) is 14.9 Å². The number of carbonyl (C=O) groups is 1. The van der Waals surface area contributed by atoms with Gasteiger partial charge in [-0.3, -0.25) is 4.79 Å². The SMILES string of the molecule is Cc1cc(N(C)C)nc(N2CCN(C(=O)C(C)(C)C)CC2)n1. The van der Waals surface area contributed by atoms with Crippen LogP contribution in [0.2, 0.25) is 0 Å². The Morgan fingerprint density at radius 1 is 1.14 bits per heavy atom. The van der Waals surface area contributed by atoms with Gasteiger partial charge in [0.15, 0.2) is 0 Å². The minimum absolute atomic E-state index is 0.214. The van der Waals surface area contributed by atoms with Gasteiger partial charge < -0.3 is 14.7 Å². The third-order valence-electron chi connectivity index (χ3n) is 3.78. The highest BCUT2D eigenvalue weighted by atomic mass is 16.2. The average Bonchev–Trinajstić information content (AvgIpc) is 2.45. The number of amides is 1. The van der Waals surface area contributed by atoms with Crippen LogP contribution in [0.1, 0.15) is 26.5 Å². The summed E-state index contributed by atoms with van der Waals surface area (Å²) in [5, 5.41) is 0. The molecule has 1 aliphatic rings. The highest BCUT2D eigenvalue weighted by Crippen LogP contribution is 2.21. The van der Waals surface area contributed by atoms with E-state index < -0.39 is 0 Å². The maximum absolute atomic E-state index is 12.3. The van der Waals surface area contributed by atoms with Crippen LogP contribution in [0.5, 0.6) is 0 Å². The number of aromatic nitrogens is 2. The number of nitrogens with zero attached hydrogens (tertiary/aromatic N) is 5. The fourth-order valence-electron chi connectivity index (χ4n) is 2.49. The van der Waals surface area contributed by atoms with Gasteiger partial charge in [-0.05, 0) is 6.92 Å². The van der Waals surface area contributed by atoms with Gasteiger partial charge >= 0.3 is 0 Å². The van der Waals surface area contributed by atoms with E-state index in [1.54, 1.807) is 0 Å². The van der Waals surface area contributed by atoms with Crippen molar-refractivity contribution in [2.45, 2.75) is 27.7 Å². The van der Waals surface area contributed by atoms with Gasteiger partial charge in [-0.2, -0.15) is 4.98 Å². The molecule has 1 aliphatic heterocycles. The monoisotopic (exact) mass is 305 g/mol. The Bertz CT molecular complexity index is 542. The summed E-state index contributed by atoms with van der Waals surface area (Å²) in [5.41, 5.74) is 0.641. The van der Waals surface area contributed by atoms with Gasteiger partial charge in [0, 0.05) is 57.4 Å². The summed E-state index contributed by atoms with van der Waals surface area (Å²) >= 11 is 0. The van der Waals surface area contributed by atoms with Crippen molar-refractivity contribution < 1.29 is 4.79 Å². The molecule has 0 bridgehead atoms. The van der Waals surface area contributed by atoms with E-state index in [9.17, 15) is 4.79 Å². The fraction of sp³-hybridized carbons (Fsp3) is 0.688. The number of carbonyl (C=O) groups excluding carboxylic acids is 1. The molecule has 22 heavy (non-hydrogen) atoms. The second kappa shape index (κ2) is 6.10. The first-order valence-corrected chi connectivity index (χ1v) is 7.76. The molecule has 122 valence electrons. The predicted octanol–water partition coefficient (Wildman–Crippen LogP) is 1.55. The molecule has 0 unspecified atom stereocenters. The fourth-order valence-corrected chi connectivity index (χ4v) is 2.49. The van der Waals surface area contributed by atoms with E-state index in [1.807, 2.05) is 57.7 Å². The third-order valence-corrected chi connectivity index (χ3v) is 3.78. The zero-order valence-corrected chi connectivity index (χ0v) is 14.6. The van der Waals surface area contributed by atoms with Crippen LogP contribution in [0.4, 0.5) is 11.8 Å². The molecule has 0 radical (unpaired) electrons. The number of anilines is 2. The molecule has 1 aromatic heterocycles. The van der Waals surface area contributed by atoms with Crippen molar-refractivity contribution in [1.29, 1.82) is 0 Å². The largest absolute Gasteiger partial charge is 0.363 e. The van der Waals surface area contributed by atoms with Crippen molar-refractivity contribution in [3.63, 3.8) is 0 Å². The van der Waals surface area contributed by atoms with Gasteiger partial charge in [0.2, 0.25) is 11.9 Å². The van der Waals surface area contributed by atoms with E-state index in [2.05, 4.69) is 14.9 Å². The lowest BCUT2D eigenvalue weighted by atomic mass is 9.94. The van der Waals surface area contributed by atoms with Crippen LogP contribution in [0.15, 0.2) is 6.07 Å². The molecular formula is C16H27N5O. The quantitative estimate of drug-likeness (QED) is 0.830. The number of hydrogen-bond acceptors (Lipinski definition) is 5. The lowest BCUT2D eigenvalue weighted by Gasteiger charge is -2.37. The Labute approximate surface area is 133 Å². The number of rotatable bonds is 2. The lowest BCUT2D eigenvalue weighted by Crippen LogP contribution is -2.52. The van der Waals surface area contributed by atoms with Gasteiger partial charge in [0.1, 0.15) is 5.82 Å². The summed E-state index contributed by atoms with van der Waals surface area (Å²) in [5.74, 6) is 1.88. The van der Waals surface area contributed by atoms with Crippen molar-refractivity contribution >= 4 is 17.7 Å². The molecule has 0 spiro atoms. The zero-order valence-electron chi connectivity index (χ0n) is 14.6. The molecule has 0 aliphatic carbocycles. The third kappa shape index (κ3) is 3.67. The summed E-state index contributed by atoms with van der Waals surface area (Å²) in [6.45, 7) is 10.9. The smallest absolute Gasteiger partial charge is 0.228 e. The van der Waals surface area contributed by atoms with Crippen molar-refractivity contribution in [2.24, 2.45) is 5.41 Å². The Balaban J connectivity index is 2.07. The summed E-state index contributed by atoms with van der Waals surface area (Å²) in [6.07, 6.45) is 0. The zero-order chi connectivity index (χ0) is 16.5. The summed E-state index contributed by atoms with van der Waals surface area (Å²) in [7, 11) is 3.96. The van der Waals surface area contributed by atoms with Crippen LogP contribution >= 0.6 is 0 Å². The summed E-state index contributed by atoms with van der Waals surface area (Å²) < 4.78 is 0. The second-order valence-electron chi connectivity index (χ2n) is 7.09. The number of hydrogen-bond donors (Lipinski definition) is 0. The van der Waals surface area contributed by atoms with Crippen LogP contribution in [0.25, 0.3) is 0 Å². The standard InChI is InChI=1S/C16H27N5O/c1-12-11-13(19(5)6)18-15(17-12)21-9-7-20(8-10-21)14(22)16(2,3)4/h11H,7-10H2,1-6H3. The van der Waals surface area contributed by atoms with E-state index >= 15 is 0 Å². The second-order valence-corrected chi connectivity index (χ2v) is 7.09. The van der Waals surface area contributed by atoms with Crippen LogP contribution in [0.3, 0.4) is 0 Å². The van der Waals surface area contributed by atoms with E-state index in [0.29, 0.717) is 0 Å². The molecule has 1 fully saturated rings. The molecule has 0 atom stereocenters. The maximum Gasteiger partial charge on any atom is 0.228 e. The first kappa shape index (κ1) is 16.5. The van der Waals surface area contributed by atoms with Gasteiger partial charge in [-0.1, -0.05) is 20.8 Å². The molecule has 0 saturated carbocycles. The minimum atomic E-state index is -0.319. The van der Waals surface area contributed by atoms with E-state index in [4.69, 9.17) is 0 Å². The van der Waals surface area contributed by atoms with Crippen LogP contribution < -0.4 is 9.80 Å². The highest BCUT2D eigenvalue weighted by molar-refractivity contribution is 5.81. The molecule has 1 amide bonds. The summed E-state index contributed by atoms with van der Waals surface area (Å²) in [4.78, 5) is 27.6. The Morgan fingerprint density at radius 3 is 2.23 bits per heavy atom. The molecule has 0 aromatic carbocycles. The Kier molecular flexibility index (Phi) is 4.58. The van der Waals surface area contributed by atoms with Crippen molar-refractivity contribution in [2.75, 3.05) is 50.1 Å². The molecule has 6 nitrogen and oxygen atoms in total. The highest BCUT2D eigenvalue weighted by Gasteiger charge is 2.30. The van der Waals surface area contributed by atoms with Gasteiger partial charge in [0.25, 0.3) is 0 Å². The Hall–Kier alpha value is -1.85. The van der Waals surface area contributed by atoms with Gasteiger partial charge in [-0.25, -0.2) is 4.98 Å². The first-order valence-electron chi connectivity index (χ1n) is 7.76. The normalized spacial score (nSPS) is 15.9. The molecule has 6 heteroatoms.